The SMILES string of the molecule is CC1CCCCN1Cc1ccccc1CNC1CCCC1C1COCCN1. The monoisotopic (exact) mass is 371 g/mol. The van der Waals surface area contributed by atoms with Crippen molar-refractivity contribution >= 4 is 0 Å². The summed E-state index contributed by atoms with van der Waals surface area (Å²) in [5, 5.41) is 7.61. The third-order valence-electron chi connectivity index (χ3n) is 7.02. The second kappa shape index (κ2) is 9.51. The van der Waals surface area contributed by atoms with Crippen LogP contribution in [-0.2, 0) is 17.8 Å². The Morgan fingerprint density at radius 3 is 2.81 bits per heavy atom. The molecule has 1 aliphatic carbocycles. The van der Waals surface area contributed by atoms with Gasteiger partial charge in [-0.05, 0) is 56.2 Å². The molecule has 4 atom stereocenters. The normalized spacial score (nSPS) is 32.6. The fraction of sp³-hybridized carbons (Fsp3) is 0.739. The lowest BCUT2D eigenvalue weighted by Crippen LogP contribution is -2.50. The third-order valence-corrected chi connectivity index (χ3v) is 7.02. The Balaban J connectivity index is 1.36. The van der Waals surface area contributed by atoms with E-state index in [0.29, 0.717) is 18.0 Å². The van der Waals surface area contributed by atoms with Gasteiger partial charge in [-0.2, -0.15) is 0 Å². The number of ether oxygens (including phenoxy) is 1. The molecule has 1 aromatic carbocycles. The minimum Gasteiger partial charge on any atom is -0.379 e. The lowest BCUT2D eigenvalue weighted by atomic mass is 9.93. The third kappa shape index (κ3) is 4.92. The van der Waals surface area contributed by atoms with Gasteiger partial charge in [0.05, 0.1) is 13.2 Å². The highest BCUT2D eigenvalue weighted by Gasteiger charge is 2.34. The van der Waals surface area contributed by atoms with Crippen LogP contribution in [0.4, 0.5) is 0 Å². The number of nitrogens with one attached hydrogen (secondary N) is 2. The molecule has 0 radical (unpaired) electrons. The summed E-state index contributed by atoms with van der Waals surface area (Å²) in [5.41, 5.74) is 2.99. The van der Waals surface area contributed by atoms with E-state index in [1.54, 1.807) is 0 Å². The summed E-state index contributed by atoms with van der Waals surface area (Å²) in [5.74, 6) is 0.708. The molecule has 3 fully saturated rings. The van der Waals surface area contributed by atoms with Gasteiger partial charge in [0.15, 0.2) is 0 Å². The van der Waals surface area contributed by atoms with Crippen LogP contribution < -0.4 is 10.6 Å². The molecule has 2 saturated heterocycles. The molecule has 1 saturated carbocycles. The van der Waals surface area contributed by atoms with Gasteiger partial charge in [0.25, 0.3) is 0 Å². The summed E-state index contributed by atoms with van der Waals surface area (Å²) in [6.45, 7) is 8.49. The highest BCUT2D eigenvalue weighted by molar-refractivity contribution is 5.27. The first kappa shape index (κ1) is 19.4. The fourth-order valence-electron chi connectivity index (χ4n) is 5.32. The van der Waals surface area contributed by atoms with Gasteiger partial charge >= 0.3 is 0 Å². The molecule has 0 spiro atoms. The van der Waals surface area contributed by atoms with Gasteiger partial charge in [0.1, 0.15) is 0 Å². The summed E-state index contributed by atoms with van der Waals surface area (Å²) in [4.78, 5) is 2.67. The van der Waals surface area contributed by atoms with Crippen LogP contribution in [0.15, 0.2) is 24.3 Å². The summed E-state index contributed by atoms with van der Waals surface area (Å²) < 4.78 is 5.72. The molecule has 2 N–H and O–H groups in total. The lowest BCUT2D eigenvalue weighted by Gasteiger charge is -2.34. The average Bonchev–Trinajstić information content (AvgIpc) is 3.18. The van der Waals surface area contributed by atoms with Gasteiger partial charge in [0, 0.05) is 37.8 Å². The predicted molar refractivity (Wildman–Crippen MR) is 111 cm³/mol. The van der Waals surface area contributed by atoms with Crippen LogP contribution in [0.2, 0.25) is 0 Å². The van der Waals surface area contributed by atoms with Crippen molar-refractivity contribution in [3.8, 4) is 0 Å². The van der Waals surface area contributed by atoms with E-state index in [0.717, 1.165) is 38.9 Å². The zero-order chi connectivity index (χ0) is 18.5. The summed E-state index contributed by atoms with van der Waals surface area (Å²) in [7, 11) is 0. The van der Waals surface area contributed by atoms with Crippen molar-refractivity contribution in [1.29, 1.82) is 0 Å². The van der Waals surface area contributed by atoms with Gasteiger partial charge in [-0.3, -0.25) is 4.90 Å². The zero-order valence-corrected chi connectivity index (χ0v) is 17.0. The fourth-order valence-corrected chi connectivity index (χ4v) is 5.32. The molecule has 150 valence electrons. The Morgan fingerprint density at radius 2 is 2.00 bits per heavy atom. The number of rotatable bonds is 6. The summed E-state index contributed by atoms with van der Waals surface area (Å²) in [6, 6.07) is 10.9. The zero-order valence-electron chi connectivity index (χ0n) is 17.0. The van der Waals surface area contributed by atoms with Crippen molar-refractivity contribution in [3.63, 3.8) is 0 Å². The van der Waals surface area contributed by atoms with Crippen LogP contribution in [0.5, 0.6) is 0 Å². The highest BCUT2D eigenvalue weighted by atomic mass is 16.5. The van der Waals surface area contributed by atoms with Crippen LogP contribution in [0, 0.1) is 5.92 Å². The molecule has 27 heavy (non-hydrogen) atoms. The van der Waals surface area contributed by atoms with E-state index in [9.17, 15) is 0 Å². The van der Waals surface area contributed by atoms with Crippen LogP contribution in [-0.4, -0.2) is 49.3 Å². The van der Waals surface area contributed by atoms with Gasteiger partial charge in [-0.1, -0.05) is 37.1 Å². The minimum absolute atomic E-state index is 0.531. The average molecular weight is 372 g/mol. The second-order valence-corrected chi connectivity index (χ2v) is 8.80. The summed E-state index contributed by atoms with van der Waals surface area (Å²) in [6.07, 6.45) is 8.06. The number of nitrogens with zero attached hydrogens (tertiary/aromatic N) is 1. The molecule has 4 unspecified atom stereocenters. The maximum atomic E-state index is 5.72. The molecule has 0 aromatic heterocycles. The van der Waals surface area contributed by atoms with Gasteiger partial charge < -0.3 is 15.4 Å². The van der Waals surface area contributed by atoms with Crippen molar-refractivity contribution in [1.82, 2.24) is 15.5 Å². The first-order valence-corrected chi connectivity index (χ1v) is 11.2. The molecule has 2 heterocycles. The first-order valence-electron chi connectivity index (χ1n) is 11.2. The van der Waals surface area contributed by atoms with Gasteiger partial charge in [-0.25, -0.2) is 0 Å². The molecule has 4 heteroatoms. The quantitative estimate of drug-likeness (QED) is 0.804. The molecular weight excluding hydrogens is 334 g/mol. The largest absolute Gasteiger partial charge is 0.379 e. The topological polar surface area (TPSA) is 36.5 Å². The van der Waals surface area contributed by atoms with Crippen LogP contribution in [0.3, 0.4) is 0 Å². The van der Waals surface area contributed by atoms with Crippen LogP contribution in [0.25, 0.3) is 0 Å². The van der Waals surface area contributed by atoms with Crippen molar-refractivity contribution in [2.75, 3.05) is 26.3 Å². The molecule has 2 aliphatic heterocycles. The second-order valence-electron chi connectivity index (χ2n) is 8.80. The Labute approximate surface area is 165 Å². The Bertz CT molecular complexity index is 587. The number of morpholine rings is 1. The molecule has 1 aromatic rings. The lowest BCUT2D eigenvalue weighted by molar-refractivity contribution is 0.0524. The maximum absolute atomic E-state index is 5.72. The number of hydrogen-bond donors (Lipinski definition) is 2. The van der Waals surface area contributed by atoms with Crippen molar-refractivity contribution in [2.45, 2.75) is 76.7 Å². The Morgan fingerprint density at radius 1 is 1.11 bits per heavy atom. The van der Waals surface area contributed by atoms with E-state index in [4.69, 9.17) is 4.74 Å². The maximum Gasteiger partial charge on any atom is 0.0623 e. The Hall–Kier alpha value is -0.940. The highest BCUT2D eigenvalue weighted by Crippen LogP contribution is 2.30. The molecular formula is C23H37N3O. The van der Waals surface area contributed by atoms with Crippen molar-refractivity contribution in [2.24, 2.45) is 5.92 Å². The molecule has 0 bridgehead atoms. The predicted octanol–water partition coefficient (Wildman–Crippen LogP) is 3.31. The van der Waals surface area contributed by atoms with Crippen LogP contribution >= 0.6 is 0 Å². The van der Waals surface area contributed by atoms with Crippen molar-refractivity contribution < 1.29 is 4.74 Å². The van der Waals surface area contributed by atoms with E-state index in [1.165, 1.54) is 56.2 Å². The molecule has 4 nitrogen and oxygen atoms in total. The number of likely N-dealkylation sites (tertiary alicyclic amines) is 1. The minimum atomic E-state index is 0.531. The smallest absolute Gasteiger partial charge is 0.0623 e. The first-order chi connectivity index (χ1) is 13.3. The number of piperidine rings is 1. The van der Waals surface area contributed by atoms with Gasteiger partial charge in [0.2, 0.25) is 0 Å². The van der Waals surface area contributed by atoms with Crippen molar-refractivity contribution in [3.05, 3.63) is 35.4 Å². The Kier molecular flexibility index (Phi) is 6.82. The van der Waals surface area contributed by atoms with E-state index < -0.39 is 0 Å². The van der Waals surface area contributed by atoms with Crippen LogP contribution in [0.1, 0.15) is 56.6 Å². The van der Waals surface area contributed by atoms with E-state index >= 15 is 0 Å². The summed E-state index contributed by atoms with van der Waals surface area (Å²) >= 11 is 0. The van der Waals surface area contributed by atoms with E-state index in [2.05, 4.69) is 46.7 Å². The standard InChI is InChI=1S/C23H37N3O/c1-18-7-4-5-13-26(18)16-20-9-3-2-8-19(20)15-25-22-11-6-10-21(22)23-17-27-14-12-24-23/h2-3,8-9,18,21-25H,4-7,10-17H2,1H3. The number of benzene rings is 1. The van der Waals surface area contributed by atoms with E-state index in [1.807, 2.05) is 0 Å². The molecule has 3 aliphatic rings. The molecule has 0 amide bonds. The van der Waals surface area contributed by atoms with E-state index in [-0.39, 0.29) is 0 Å². The van der Waals surface area contributed by atoms with Gasteiger partial charge in [-0.15, -0.1) is 0 Å². The number of hydrogen-bond acceptors (Lipinski definition) is 4. The molecule has 4 rings (SSSR count).